The van der Waals surface area contributed by atoms with Gasteiger partial charge in [-0.05, 0) is 12.8 Å². The highest BCUT2D eigenvalue weighted by atomic mass is 32.2. The molecule has 2 aliphatic rings. The fourth-order valence-electron chi connectivity index (χ4n) is 3.85. The minimum atomic E-state index is -0.0576. The average molecular weight is 518 g/mol. The number of rotatable bonds is 21. The summed E-state index contributed by atoms with van der Waals surface area (Å²) in [6, 6.07) is 0.425. The molecule has 2 saturated heterocycles. The van der Waals surface area contributed by atoms with Crippen LogP contribution in [0.4, 0.5) is 4.79 Å². The largest absolute Gasteiger partial charge is 0.379 e. The van der Waals surface area contributed by atoms with Gasteiger partial charge in [-0.2, -0.15) is 11.8 Å². The third-order valence-electron chi connectivity index (χ3n) is 5.90. The Labute approximate surface area is 213 Å². The van der Waals surface area contributed by atoms with Crippen LogP contribution in [0.3, 0.4) is 0 Å². The molecule has 0 aromatic carbocycles. The zero-order chi connectivity index (χ0) is 25.3. The van der Waals surface area contributed by atoms with Gasteiger partial charge >= 0.3 is 6.03 Å². The van der Waals surface area contributed by atoms with Gasteiger partial charge in [-0.25, -0.2) is 4.79 Å². The molecule has 2 aliphatic heterocycles. The first-order chi connectivity index (χ1) is 17.0. The molecular formula is C24H43N3O7S. The fourth-order valence-corrected chi connectivity index (χ4v) is 5.39. The number of amides is 3. The molecule has 3 atom stereocenters. The van der Waals surface area contributed by atoms with E-state index in [4.69, 9.17) is 18.9 Å². The molecule has 3 unspecified atom stereocenters. The lowest BCUT2D eigenvalue weighted by Gasteiger charge is -2.16. The van der Waals surface area contributed by atoms with Crippen molar-refractivity contribution in [1.29, 1.82) is 0 Å². The summed E-state index contributed by atoms with van der Waals surface area (Å²) in [5, 5.41) is 9.26. The summed E-state index contributed by atoms with van der Waals surface area (Å²) in [6.45, 7) is 8.02. The summed E-state index contributed by atoms with van der Waals surface area (Å²) >= 11 is 1.90. The summed E-state index contributed by atoms with van der Waals surface area (Å²) in [4.78, 5) is 34.8. The molecule has 0 spiro atoms. The normalized spacial score (nSPS) is 21.1. The van der Waals surface area contributed by atoms with Crippen molar-refractivity contribution in [3.05, 3.63) is 0 Å². The first kappa shape index (κ1) is 29.8. The first-order valence-electron chi connectivity index (χ1n) is 12.8. The number of unbranched alkanes of at least 4 members (excludes halogenated alkanes) is 1. The number of Topliss-reactive ketones (excluding diaryl/α,β-unsaturated/α-hetero) is 1. The zero-order valence-electron chi connectivity index (χ0n) is 21.2. The second kappa shape index (κ2) is 17.9. The molecule has 0 aromatic rings. The van der Waals surface area contributed by atoms with E-state index in [-0.39, 0.29) is 35.7 Å². The monoisotopic (exact) mass is 517 g/mol. The molecular weight excluding hydrogens is 474 g/mol. The van der Waals surface area contributed by atoms with Crippen LogP contribution in [0.5, 0.6) is 0 Å². The molecule has 0 saturated carbocycles. The van der Waals surface area contributed by atoms with E-state index < -0.39 is 0 Å². The van der Waals surface area contributed by atoms with Crippen molar-refractivity contribution in [2.45, 2.75) is 63.3 Å². The fraction of sp³-hybridized carbons (Fsp3) is 0.875. The van der Waals surface area contributed by atoms with E-state index in [1.165, 1.54) is 0 Å². The van der Waals surface area contributed by atoms with Crippen LogP contribution >= 0.6 is 11.8 Å². The summed E-state index contributed by atoms with van der Waals surface area (Å²) in [6.07, 6.45) is 3.81. The van der Waals surface area contributed by atoms with Gasteiger partial charge in [0.15, 0.2) is 0 Å². The number of fused-ring (bicyclic) bond motifs is 1. The Morgan fingerprint density at radius 1 is 0.914 bits per heavy atom. The van der Waals surface area contributed by atoms with E-state index in [0.717, 1.165) is 25.0 Å². The van der Waals surface area contributed by atoms with E-state index in [1.807, 2.05) is 25.6 Å². The van der Waals surface area contributed by atoms with Gasteiger partial charge in [0.1, 0.15) is 5.78 Å². The Balaban J connectivity index is 1.27. The maximum absolute atomic E-state index is 11.9. The van der Waals surface area contributed by atoms with Crippen LogP contribution in [0, 0.1) is 5.92 Å². The van der Waals surface area contributed by atoms with Gasteiger partial charge in [0.2, 0.25) is 5.91 Å². The van der Waals surface area contributed by atoms with E-state index >= 15 is 0 Å². The number of urea groups is 1. The first-order valence-corrected chi connectivity index (χ1v) is 13.8. The Hall–Kier alpha value is -1.40. The molecule has 2 rings (SSSR count). The molecule has 2 heterocycles. The predicted molar refractivity (Wildman–Crippen MR) is 135 cm³/mol. The van der Waals surface area contributed by atoms with Gasteiger partial charge in [0.05, 0.1) is 64.9 Å². The molecule has 0 radical (unpaired) electrons. The van der Waals surface area contributed by atoms with Crippen molar-refractivity contribution in [2.75, 3.05) is 65.2 Å². The standard InChI is InChI=1S/C24H43N3O7S/c1-18(2)20(28)7-9-31-11-13-33-15-16-34-14-12-32-10-8-25-22(29)6-4-3-5-21-23-19(17-35-21)26-24(30)27-23/h18-19,21,23H,3-17H2,1-2H3,(H,25,29)(H2,26,27,30). The van der Waals surface area contributed by atoms with Crippen LogP contribution < -0.4 is 16.0 Å². The molecule has 2 fully saturated rings. The molecule has 11 heteroatoms. The number of hydrogen-bond acceptors (Lipinski definition) is 8. The lowest BCUT2D eigenvalue weighted by atomic mass is 10.0. The van der Waals surface area contributed by atoms with Gasteiger partial charge in [-0.15, -0.1) is 0 Å². The summed E-state index contributed by atoms with van der Waals surface area (Å²) in [5.74, 6) is 1.28. The number of ether oxygens (including phenoxy) is 4. The van der Waals surface area contributed by atoms with Crippen molar-refractivity contribution < 1.29 is 33.3 Å². The molecule has 0 bridgehead atoms. The summed E-state index contributed by atoms with van der Waals surface area (Å²) < 4.78 is 21.7. The average Bonchev–Trinajstić information content (AvgIpc) is 3.38. The van der Waals surface area contributed by atoms with Gasteiger partial charge in [0, 0.05) is 36.3 Å². The summed E-state index contributed by atoms with van der Waals surface area (Å²) in [7, 11) is 0. The van der Waals surface area contributed by atoms with Crippen LogP contribution in [-0.4, -0.2) is 100 Å². The van der Waals surface area contributed by atoms with E-state index in [9.17, 15) is 14.4 Å². The lowest BCUT2D eigenvalue weighted by molar-refractivity contribution is -0.123. The van der Waals surface area contributed by atoms with Crippen molar-refractivity contribution >= 4 is 29.5 Å². The second-order valence-electron chi connectivity index (χ2n) is 9.04. The molecule has 3 amide bonds. The SMILES string of the molecule is CC(C)C(=O)CCOCCOCCOCCOCCNC(=O)CCCCC1SCC2NC(=O)NC21. The lowest BCUT2D eigenvalue weighted by Crippen LogP contribution is -2.36. The Bertz CT molecular complexity index is 638. The van der Waals surface area contributed by atoms with Gasteiger partial charge in [0.25, 0.3) is 0 Å². The molecule has 202 valence electrons. The van der Waals surface area contributed by atoms with Crippen molar-refractivity contribution in [3.63, 3.8) is 0 Å². The Morgan fingerprint density at radius 2 is 1.54 bits per heavy atom. The molecule has 3 N–H and O–H groups in total. The second-order valence-corrected chi connectivity index (χ2v) is 10.3. The van der Waals surface area contributed by atoms with E-state index in [2.05, 4.69) is 16.0 Å². The quantitative estimate of drug-likeness (QED) is 0.155. The third kappa shape index (κ3) is 12.9. The van der Waals surface area contributed by atoms with Gasteiger partial charge in [-0.1, -0.05) is 20.3 Å². The van der Waals surface area contributed by atoms with Crippen LogP contribution in [0.15, 0.2) is 0 Å². The van der Waals surface area contributed by atoms with Gasteiger partial charge < -0.3 is 34.9 Å². The predicted octanol–water partition coefficient (Wildman–Crippen LogP) is 1.51. The number of hydrogen-bond donors (Lipinski definition) is 3. The number of carbonyl (C=O) groups excluding carboxylic acids is 3. The Kier molecular flexibility index (Phi) is 15.3. The zero-order valence-corrected chi connectivity index (χ0v) is 22.0. The molecule has 10 nitrogen and oxygen atoms in total. The minimum absolute atomic E-state index is 0.0466. The van der Waals surface area contributed by atoms with Crippen LogP contribution in [0.1, 0.15) is 46.0 Å². The molecule has 0 aliphatic carbocycles. The van der Waals surface area contributed by atoms with Crippen LogP contribution in [0.25, 0.3) is 0 Å². The summed E-state index contributed by atoms with van der Waals surface area (Å²) in [5.41, 5.74) is 0. The number of nitrogens with one attached hydrogen (secondary N) is 3. The highest BCUT2D eigenvalue weighted by molar-refractivity contribution is 8.00. The highest BCUT2D eigenvalue weighted by Crippen LogP contribution is 2.33. The molecule has 0 aromatic heterocycles. The Morgan fingerprint density at radius 3 is 2.20 bits per heavy atom. The van der Waals surface area contributed by atoms with Crippen molar-refractivity contribution in [3.8, 4) is 0 Å². The number of carbonyl (C=O) groups is 3. The highest BCUT2D eigenvalue weighted by Gasteiger charge is 2.42. The number of ketones is 1. The van der Waals surface area contributed by atoms with E-state index in [1.54, 1.807) is 0 Å². The van der Waals surface area contributed by atoms with Crippen LogP contribution in [-0.2, 0) is 28.5 Å². The maximum atomic E-state index is 11.9. The molecule has 35 heavy (non-hydrogen) atoms. The third-order valence-corrected chi connectivity index (χ3v) is 7.41. The smallest absolute Gasteiger partial charge is 0.315 e. The van der Waals surface area contributed by atoms with E-state index in [0.29, 0.717) is 77.5 Å². The minimum Gasteiger partial charge on any atom is -0.379 e. The van der Waals surface area contributed by atoms with Crippen molar-refractivity contribution in [2.24, 2.45) is 5.92 Å². The van der Waals surface area contributed by atoms with Crippen molar-refractivity contribution in [1.82, 2.24) is 16.0 Å². The topological polar surface area (TPSA) is 124 Å². The number of thioether (sulfide) groups is 1. The van der Waals surface area contributed by atoms with Gasteiger partial charge in [-0.3, -0.25) is 9.59 Å². The maximum Gasteiger partial charge on any atom is 0.315 e. The van der Waals surface area contributed by atoms with Crippen LogP contribution in [0.2, 0.25) is 0 Å².